The fourth-order valence-electron chi connectivity index (χ4n) is 5.03. The fraction of sp³-hybridized carbons (Fsp3) is 0.0909. The van der Waals surface area contributed by atoms with Gasteiger partial charge in [0.05, 0.1) is 17.2 Å². The zero-order valence-electron chi connectivity index (χ0n) is 23.0. The van der Waals surface area contributed by atoms with Gasteiger partial charge in [-0.3, -0.25) is 0 Å². The minimum atomic E-state index is -2.19. The van der Waals surface area contributed by atoms with Crippen molar-refractivity contribution in [1.82, 2.24) is 0 Å². The van der Waals surface area contributed by atoms with Crippen molar-refractivity contribution in [2.24, 2.45) is 7.05 Å². The lowest BCUT2D eigenvalue weighted by atomic mass is 9.95. The molecule has 36 heavy (non-hydrogen) atoms. The van der Waals surface area contributed by atoms with E-state index in [9.17, 15) is 5.26 Å². The summed E-state index contributed by atoms with van der Waals surface area (Å²) in [5.74, 6) is 0. The minimum Gasteiger partial charge on any atom is -0.454 e. The molecule has 0 bridgehead atoms. The Hall–Kier alpha value is -4.68. The fourth-order valence-corrected chi connectivity index (χ4v) is 5.03. The van der Waals surface area contributed by atoms with Gasteiger partial charge in [-0.2, -0.15) is 5.26 Å². The molecule has 3 nitrogen and oxygen atoms in total. The molecule has 2 aromatic heterocycles. The predicted octanol–water partition coefficient (Wildman–Crippen LogP) is 7.90. The highest BCUT2D eigenvalue weighted by molar-refractivity contribution is 6.14. The van der Waals surface area contributed by atoms with E-state index in [1.807, 2.05) is 73.1 Å². The van der Waals surface area contributed by atoms with Crippen molar-refractivity contribution in [3.63, 3.8) is 0 Å². The molecule has 2 heterocycles. The highest BCUT2D eigenvalue weighted by Crippen LogP contribution is 2.42. The number of pyridine rings is 1. The van der Waals surface area contributed by atoms with Crippen LogP contribution in [0.5, 0.6) is 0 Å². The monoisotopic (exact) mass is 468 g/mol. The number of hydrogen-bond donors (Lipinski definition) is 0. The average Bonchev–Trinajstić information content (AvgIpc) is 3.31. The normalized spacial score (nSPS) is 12.8. The second-order valence-electron chi connectivity index (χ2n) is 9.07. The number of aromatic nitrogens is 1. The maximum absolute atomic E-state index is 10.0. The molecular formula is C33H25N2O+. The van der Waals surface area contributed by atoms with Crippen LogP contribution in [0.15, 0.2) is 102 Å². The lowest BCUT2D eigenvalue weighted by molar-refractivity contribution is -0.660. The lowest BCUT2D eigenvalue weighted by Gasteiger charge is -2.07. The second kappa shape index (κ2) is 8.52. The summed E-state index contributed by atoms with van der Waals surface area (Å²) >= 11 is 0. The molecule has 6 aromatic rings. The van der Waals surface area contributed by atoms with Gasteiger partial charge >= 0.3 is 0 Å². The summed E-state index contributed by atoms with van der Waals surface area (Å²) < 4.78 is 31.8. The first kappa shape index (κ1) is 18.6. The molecule has 0 saturated carbocycles. The van der Waals surface area contributed by atoms with Crippen LogP contribution in [-0.4, -0.2) is 0 Å². The third-order valence-electron chi connectivity index (χ3n) is 6.81. The molecule has 0 N–H and O–H groups in total. The Morgan fingerprint density at radius 3 is 2.11 bits per heavy atom. The maximum atomic E-state index is 10.0. The summed E-state index contributed by atoms with van der Waals surface area (Å²) in [4.78, 5) is 0. The quantitative estimate of drug-likeness (QED) is 0.248. The molecular weight excluding hydrogens is 440 g/mol. The van der Waals surface area contributed by atoms with Gasteiger partial charge in [-0.15, -0.1) is 0 Å². The third-order valence-corrected chi connectivity index (χ3v) is 6.81. The van der Waals surface area contributed by atoms with Crippen molar-refractivity contribution < 1.29 is 13.1 Å². The first-order valence-corrected chi connectivity index (χ1v) is 11.8. The first-order chi connectivity index (χ1) is 18.8. The largest absolute Gasteiger partial charge is 0.454 e. The number of nitrogens with zero attached hydrogens (tertiary/aromatic N) is 2. The van der Waals surface area contributed by atoms with E-state index in [-0.39, 0.29) is 5.56 Å². The Morgan fingerprint density at radius 2 is 1.42 bits per heavy atom. The molecule has 0 spiro atoms. The van der Waals surface area contributed by atoms with Crippen LogP contribution in [0.3, 0.4) is 0 Å². The van der Waals surface area contributed by atoms with Gasteiger partial charge in [-0.05, 0) is 54.2 Å². The number of aryl methyl sites for hydroxylation is 3. The van der Waals surface area contributed by atoms with E-state index >= 15 is 0 Å². The molecule has 0 radical (unpaired) electrons. The summed E-state index contributed by atoms with van der Waals surface area (Å²) in [7, 11) is 1.85. The average molecular weight is 469 g/mol. The molecule has 6 rings (SSSR count). The molecule has 0 amide bonds. The van der Waals surface area contributed by atoms with E-state index in [0.29, 0.717) is 16.7 Å². The van der Waals surface area contributed by atoms with Crippen LogP contribution < -0.4 is 4.57 Å². The van der Waals surface area contributed by atoms with Crippen LogP contribution >= 0.6 is 0 Å². The van der Waals surface area contributed by atoms with Crippen molar-refractivity contribution in [2.75, 3.05) is 0 Å². The number of hydrogen-bond acceptors (Lipinski definition) is 2. The molecule has 0 atom stereocenters. The Morgan fingerprint density at radius 1 is 0.750 bits per heavy atom. The molecule has 3 heteroatoms. The van der Waals surface area contributed by atoms with Gasteiger partial charge in [0.2, 0.25) is 5.69 Å². The summed E-state index contributed by atoms with van der Waals surface area (Å²) in [6, 6.07) is 32.1. The van der Waals surface area contributed by atoms with E-state index in [0.717, 1.165) is 49.8 Å². The van der Waals surface area contributed by atoms with Gasteiger partial charge in [-0.25, -0.2) is 4.57 Å². The number of rotatable bonds is 3. The van der Waals surface area contributed by atoms with Gasteiger partial charge in [0, 0.05) is 32.1 Å². The smallest absolute Gasteiger partial charge is 0.216 e. The topological polar surface area (TPSA) is 40.8 Å². The van der Waals surface area contributed by atoms with Crippen LogP contribution in [-0.2, 0) is 7.05 Å². The van der Waals surface area contributed by atoms with E-state index in [1.165, 1.54) is 0 Å². The van der Waals surface area contributed by atoms with E-state index in [1.54, 1.807) is 12.3 Å². The van der Waals surface area contributed by atoms with Gasteiger partial charge < -0.3 is 4.42 Å². The molecule has 0 saturated heterocycles. The SMILES string of the molecule is [2H]C([2H])([2H])c1ccc(-c2c(C)ccc3c2oc2c(-c4ccc(-c5ccccc5)cc4)c(C#N)ccc23)[n+](C)c1. The number of furan rings is 1. The third kappa shape index (κ3) is 3.47. The predicted molar refractivity (Wildman–Crippen MR) is 145 cm³/mol. The van der Waals surface area contributed by atoms with Crippen LogP contribution in [0.1, 0.15) is 20.8 Å². The highest BCUT2D eigenvalue weighted by atomic mass is 16.3. The zero-order valence-corrected chi connectivity index (χ0v) is 20.0. The molecule has 0 aliphatic heterocycles. The summed E-state index contributed by atoms with van der Waals surface area (Å²) in [6.07, 6.45) is 1.65. The van der Waals surface area contributed by atoms with E-state index in [2.05, 4.69) is 36.4 Å². The molecule has 4 aromatic carbocycles. The van der Waals surface area contributed by atoms with Crippen LogP contribution in [0.2, 0.25) is 0 Å². The molecule has 0 fully saturated rings. The molecule has 172 valence electrons. The summed E-state index contributed by atoms with van der Waals surface area (Å²) in [6.45, 7) is -0.168. The zero-order chi connectivity index (χ0) is 27.3. The Bertz CT molecular complexity index is 1910. The second-order valence-corrected chi connectivity index (χ2v) is 9.07. The van der Waals surface area contributed by atoms with Crippen molar-refractivity contribution in [1.29, 1.82) is 5.26 Å². The minimum absolute atomic E-state index is 0.281. The van der Waals surface area contributed by atoms with E-state index in [4.69, 9.17) is 8.53 Å². The molecule has 0 aliphatic rings. The van der Waals surface area contributed by atoms with Gasteiger partial charge in [0.15, 0.2) is 6.20 Å². The first-order valence-electron chi connectivity index (χ1n) is 13.3. The lowest BCUT2D eigenvalue weighted by Crippen LogP contribution is -2.31. The van der Waals surface area contributed by atoms with Crippen molar-refractivity contribution in [2.45, 2.75) is 13.8 Å². The van der Waals surface area contributed by atoms with Gasteiger partial charge in [-0.1, -0.05) is 66.7 Å². The van der Waals surface area contributed by atoms with Crippen molar-refractivity contribution in [3.05, 3.63) is 114 Å². The van der Waals surface area contributed by atoms with Crippen LogP contribution in [0.4, 0.5) is 0 Å². The van der Waals surface area contributed by atoms with Gasteiger partial charge in [0.1, 0.15) is 18.2 Å². The Balaban J connectivity index is 1.57. The number of benzene rings is 4. The van der Waals surface area contributed by atoms with Crippen LogP contribution in [0, 0.1) is 25.1 Å². The highest BCUT2D eigenvalue weighted by Gasteiger charge is 2.23. The maximum Gasteiger partial charge on any atom is 0.216 e. The van der Waals surface area contributed by atoms with Crippen LogP contribution in [0.25, 0.3) is 55.4 Å². The van der Waals surface area contributed by atoms with Crippen molar-refractivity contribution in [3.8, 4) is 39.6 Å². The number of fused-ring (bicyclic) bond motifs is 3. The standard InChI is InChI=1S/C33H25N2O/c1-21-9-18-29(35(3)20-21)30-22(2)10-16-27-28-17-15-26(19-34)31(33(28)36-32(27)30)25-13-11-24(12-14-25)23-7-5-4-6-8-23/h4-18,20H,1-3H3/q+1/i1D3. The number of nitriles is 1. The molecule has 0 unspecified atom stereocenters. The molecule has 0 aliphatic carbocycles. The van der Waals surface area contributed by atoms with Crippen molar-refractivity contribution >= 4 is 21.9 Å². The Labute approximate surface area is 214 Å². The summed E-state index contributed by atoms with van der Waals surface area (Å²) in [5, 5.41) is 11.9. The Kier molecular flexibility index (Phi) is 4.41. The van der Waals surface area contributed by atoms with Gasteiger partial charge in [0.25, 0.3) is 0 Å². The van der Waals surface area contributed by atoms with E-state index < -0.39 is 6.85 Å². The summed E-state index contributed by atoms with van der Waals surface area (Å²) in [5.41, 5.74) is 8.83.